The molecular formula is C20H23NO3. The molecule has 0 atom stereocenters. The van der Waals surface area contributed by atoms with Crippen LogP contribution in [-0.2, 0) is 11.2 Å². The minimum Gasteiger partial charge on any atom is -0.491 e. The van der Waals surface area contributed by atoms with Crippen LogP contribution in [0.2, 0.25) is 0 Å². The average Bonchev–Trinajstić information content (AvgIpc) is 2.60. The molecule has 0 heterocycles. The number of carbonyl (C=O) groups excluding carboxylic acids is 1. The number of benzene rings is 2. The first kappa shape index (κ1) is 17.8. The topological polar surface area (TPSA) is 58.6 Å². The first-order valence-corrected chi connectivity index (χ1v) is 8.03. The Bertz CT molecular complexity index is 663. The quantitative estimate of drug-likeness (QED) is 0.729. The SMILES string of the molecule is C/C(=C/C(=O)Nc1ccc(OCCO)cc1)CCc1ccccc1. The molecule has 2 aromatic rings. The smallest absolute Gasteiger partial charge is 0.248 e. The van der Waals surface area contributed by atoms with Crippen molar-refractivity contribution in [2.75, 3.05) is 18.5 Å². The van der Waals surface area contributed by atoms with Gasteiger partial charge >= 0.3 is 0 Å². The summed E-state index contributed by atoms with van der Waals surface area (Å²) < 4.78 is 5.28. The lowest BCUT2D eigenvalue weighted by Crippen LogP contribution is -2.09. The molecular weight excluding hydrogens is 302 g/mol. The van der Waals surface area contributed by atoms with Crippen LogP contribution in [0.5, 0.6) is 5.75 Å². The first-order chi connectivity index (χ1) is 11.7. The van der Waals surface area contributed by atoms with Gasteiger partial charge in [-0.15, -0.1) is 0 Å². The fourth-order valence-corrected chi connectivity index (χ4v) is 2.26. The van der Waals surface area contributed by atoms with E-state index in [4.69, 9.17) is 9.84 Å². The second-order valence-electron chi connectivity index (χ2n) is 5.56. The van der Waals surface area contributed by atoms with Crippen LogP contribution in [0.25, 0.3) is 0 Å². The molecule has 0 aliphatic rings. The van der Waals surface area contributed by atoms with E-state index in [1.54, 1.807) is 30.3 Å². The Balaban J connectivity index is 1.82. The number of aryl methyl sites for hydroxylation is 1. The monoisotopic (exact) mass is 325 g/mol. The molecule has 1 amide bonds. The maximum atomic E-state index is 12.0. The summed E-state index contributed by atoms with van der Waals surface area (Å²) in [5.74, 6) is 0.529. The van der Waals surface area contributed by atoms with Crippen molar-refractivity contribution in [3.63, 3.8) is 0 Å². The molecule has 0 saturated heterocycles. The molecule has 0 unspecified atom stereocenters. The van der Waals surface area contributed by atoms with E-state index in [1.807, 2.05) is 25.1 Å². The highest BCUT2D eigenvalue weighted by Crippen LogP contribution is 2.16. The van der Waals surface area contributed by atoms with Gasteiger partial charge in [0, 0.05) is 11.8 Å². The summed E-state index contributed by atoms with van der Waals surface area (Å²) in [6.45, 7) is 2.20. The van der Waals surface area contributed by atoms with Crippen molar-refractivity contribution in [3.05, 3.63) is 71.8 Å². The lowest BCUT2D eigenvalue weighted by atomic mass is 10.1. The fourth-order valence-electron chi connectivity index (χ4n) is 2.26. The number of rotatable bonds is 8. The van der Waals surface area contributed by atoms with Crippen LogP contribution in [0.3, 0.4) is 0 Å². The maximum Gasteiger partial charge on any atom is 0.248 e. The third-order valence-electron chi connectivity index (χ3n) is 3.51. The van der Waals surface area contributed by atoms with Gasteiger partial charge in [-0.2, -0.15) is 0 Å². The lowest BCUT2D eigenvalue weighted by Gasteiger charge is -2.07. The molecule has 126 valence electrons. The number of hydrogen-bond donors (Lipinski definition) is 2. The third kappa shape index (κ3) is 6.26. The summed E-state index contributed by atoms with van der Waals surface area (Å²) in [6, 6.07) is 17.3. The highest BCUT2D eigenvalue weighted by atomic mass is 16.5. The number of hydrogen-bond acceptors (Lipinski definition) is 3. The molecule has 24 heavy (non-hydrogen) atoms. The van der Waals surface area contributed by atoms with Gasteiger partial charge in [-0.05, 0) is 49.6 Å². The number of amides is 1. The van der Waals surface area contributed by atoms with Crippen molar-refractivity contribution in [2.45, 2.75) is 19.8 Å². The molecule has 0 bridgehead atoms. The number of allylic oxidation sites excluding steroid dienone is 1. The molecule has 2 rings (SSSR count). The Morgan fingerprint density at radius 1 is 1.12 bits per heavy atom. The normalized spacial score (nSPS) is 11.2. The van der Waals surface area contributed by atoms with Gasteiger partial charge in [0.2, 0.25) is 5.91 Å². The zero-order chi connectivity index (χ0) is 17.2. The number of aliphatic hydroxyl groups is 1. The van der Waals surface area contributed by atoms with Crippen molar-refractivity contribution in [3.8, 4) is 5.75 Å². The fraction of sp³-hybridized carbons (Fsp3) is 0.250. The Morgan fingerprint density at radius 3 is 2.50 bits per heavy atom. The Kier molecular flexibility index (Phi) is 7.05. The van der Waals surface area contributed by atoms with Crippen LogP contribution >= 0.6 is 0 Å². The molecule has 2 N–H and O–H groups in total. The van der Waals surface area contributed by atoms with Crippen LogP contribution in [0.15, 0.2) is 66.2 Å². The lowest BCUT2D eigenvalue weighted by molar-refractivity contribution is -0.112. The Hall–Kier alpha value is -2.59. The van der Waals surface area contributed by atoms with E-state index in [-0.39, 0.29) is 19.1 Å². The van der Waals surface area contributed by atoms with E-state index < -0.39 is 0 Å². The molecule has 2 aromatic carbocycles. The van der Waals surface area contributed by atoms with Crippen molar-refractivity contribution in [1.82, 2.24) is 0 Å². The number of aliphatic hydroxyl groups excluding tert-OH is 1. The molecule has 0 saturated carbocycles. The van der Waals surface area contributed by atoms with Crippen LogP contribution in [-0.4, -0.2) is 24.2 Å². The van der Waals surface area contributed by atoms with E-state index >= 15 is 0 Å². The number of anilines is 1. The van der Waals surface area contributed by atoms with Crippen molar-refractivity contribution >= 4 is 11.6 Å². The van der Waals surface area contributed by atoms with Crippen molar-refractivity contribution in [1.29, 1.82) is 0 Å². The number of nitrogens with one attached hydrogen (secondary N) is 1. The van der Waals surface area contributed by atoms with E-state index in [9.17, 15) is 4.79 Å². The zero-order valence-electron chi connectivity index (χ0n) is 13.9. The van der Waals surface area contributed by atoms with Crippen LogP contribution in [0, 0.1) is 0 Å². The van der Waals surface area contributed by atoms with Gasteiger partial charge in [0.05, 0.1) is 6.61 Å². The number of carbonyl (C=O) groups is 1. The van der Waals surface area contributed by atoms with Crippen LogP contribution in [0.4, 0.5) is 5.69 Å². The molecule has 0 spiro atoms. The highest BCUT2D eigenvalue weighted by molar-refractivity contribution is 5.99. The Labute approximate surface area is 142 Å². The molecule has 0 aliphatic heterocycles. The second kappa shape index (κ2) is 9.53. The van der Waals surface area contributed by atoms with Crippen LogP contribution < -0.4 is 10.1 Å². The molecule has 4 nitrogen and oxygen atoms in total. The predicted molar refractivity (Wildman–Crippen MR) is 96.2 cm³/mol. The van der Waals surface area contributed by atoms with E-state index in [2.05, 4.69) is 17.4 Å². The maximum absolute atomic E-state index is 12.0. The standard InChI is InChI=1S/C20H23NO3/c1-16(7-8-17-5-3-2-4-6-17)15-20(23)21-18-9-11-19(12-10-18)24-14-13-22/h2-6,9-12,15,22H,7-8,13-14H2,1H3,(H,21,23)/b16-15-. The van der Waals surface area contributed by atoms with Crippen molar-refractivity contribution < 1.29 is 14.6 Å². The van der Waals surface area contributed by atoms with Gasteiger partial charge in [0.1, 0.15) is 12.4 Å². The zero-order valence-corrected chi connectivity index (χ0v) is 13.9. The summed E-state index contributed by atoms with van der Waals surface area (Å²) in [5, 5.41) is 11.5. The minimum atomic E-state index is -0.135. The van der Waals surface area contributed by atoms with Crippen LogP contribution in [0.1, 0.15) is 18.9 Å². The third-order valence-corrected chi connectivity index (χ3v) is 3.51. The summed E-state index contributed by atoms with van der Waals surface area (Å²) >= 11 is 0. The second-order valence-corrected chi connectivity index (χ2v) is 5.56. The number of ether oxygens (including phenoxy) is 1. The first-order valence-electron chi connectivity index (χ1n) is 8.03. The molecule has 4 heteroatoms. The van der Waals surface area contributed by atoms with Gasteiger partial charge < -0.3 is 15.2 Å². The summed E-state index contributed by atoms with van der Waals surface area (Å²) in [4.78, 5) is 12.0. The largest absolute Gasteiger partial charge is 0.491 e. The predicted octanol–water partition coefficient (Wildman–Crippen LogP) is 3.58. The summed E-state index contributed by atoms with van der Waals surface area (Å²) in [7, 11) is 0. The van der Waals surface area contributed by atoms with Gasteiger partial charge in [-0.1, -0.05) is 35.9 Å². The minimum absolute atomic E-state index is 0.0223. The van der Waals surface area contributed by atoms with E-state index in [1.165, 1.54) is 5.56 Å². The summed E-state index contributed by atoms with van der Waals surface area (Å²) in [6.07, 6.45) is 3.41. The molecule has 0 aliphatic carbocycles. The van der Waals surface area contributed by atoms with Gasteiger partial charge in [0.15, 0.2) is 0 Å². The molecule has 0 aromatic heterocycles. The summed E-state index contributed by atoms with van der Waals surface area (Å²) in [5.41, 5.74) is 3.02. The van der Waals surface area contributed by atoms with E-state index in [0.717, 1.165) is 18.4 Å². The average molecular weight is 325 g/mol. The Morgan fingerprint density at radius 2 is 1.83 bits per heavy atom. The van der Waals surface area contributed by atoms with E-state index in [0.29, 0.717) is 11.4 Å². The van der Waals surface area contributed by atoms with Crippen molar-refractivity contribution in [2.24, 2.45) is 0 Å². The van der Waals surface area contributed by atoms with Gasteiger partial charge in [0.25, 0.3) is 0 Å². The highest BCUT2D eigenvalue weighted by Gasteiger charge is 2.01. The van der Waals surface area contributed by atoms with Gasteiger partial charge in [-0.3, -0.25) is 4.79 Å². The molecule has 0 fully saturated rings. The molecule has 0 radical (unpaired) electrons. The van der Waals surface area contributed by atoms with Gasteiger partial charge in [-0.25, -0.2) is 0 Å².